The summed E-state index contributed by atoms with van der Waals surface area (Å²) in [5.41, 5.74) is 0.442. The first-order valence-electron chi connectivity index (χ1n) is 5.19. The van der Waals surface area contributed by atoms with Crippen molar-refractivity contribution in [3.8, 4) is 0 Å². The summed E-state index contributed by atoms with van der Waals surface area (Å²) in [7, 11) is 2.56. The highest BCUT2D eigenvalue weighted by Crippen LogP contribution is 1.99. The molecule has 1 atom stereocenters. The molecule has 1 rings (SSSR count). The highest BCUT2D eigenvalue weighted by Gasteiger charge is 2.20. The molecule has 1 aromatic rings. The van der Waals surface area contributed by atoms with Gasteiger partial charge in [0.15, 0.2) is 6.04 Å². The Balaban J connectivity index is 2.75. The van der Waals surface area contributed by atoms with Crippen molar-refractivity contribution in [2.24, 2.45) is 5.16 Å². The van der Waals surface area contributed by atoms with Crippen LogP contribution in [0.4, 0.5) is 0 Å². The van der Waals surface area contributed by atoms with Crippen molar-refractivity contribution in [1.82, 2.24) is 5.32 Å². The van der Waals surface area contributed by atoms with Crippen LogP contribution in [0.2, 0.25) is 0 Å². The summed E-state index contributed by atoms with van der Waals surface area (Å²) in [5, 5.41) is 5.92. The van der Waals surface area contributed by atoms with Gasteiger partial charge >= 0.3 is 5.97 Å². The number of benzene rings is 1. The monoisotopic (exact) mass is 250 g/mol. The fourth-order valence-corrected chi connectivity index (χ4v) is 1.22. The number of hydrogen-bond donors (Lipinski definition) is 1. The average molecular weight is 250 g/mol. The summed E-state index contributed by atoms with van der Waals surface area (Å²) in [6, 6.07) is 7.54. The van der Waals surface area contributed by atoms with E-state index in [-0.39, 0.29) is 0 Å². The maximum Gasteiger partial charge on any atom is 0.334 e. The predicted octanol–water partition coefficient (Wildman–Crippen LogP) is 0.590. The van der Waals surface area contributed by atoms with Crippen LogP contribution in [-0.4, -0.2) is 38.4 Å². The van der Waals surface area contributed by atoms with Crippen molar-refractivity contribution in [2.75, 3.05) is 14.2 Å². The second-order valence-electron chi connectivity index (χ2n) is 3.28. The molecule has 0 aliphatic rings. The van der Waals surface area contributed by atoms with Crippen LogP contribution < -0.4 is 5.32 Å². The van der Waals surface area contributed by atoms with Crippen molar-refractivity contribution in [3.05, 3.63) is 35.9 Å². The molecule has 0 heterocycles. The van der Waals surface area contributed by atoms with E-state index in [9.17, 15) is 9.59 Å². The lowest BCUT2D eigenvalue weighted by Crippen LogP contribution is -2.42. The number of oxime groups is 1. The van der Waals surface area contributed by atoms with E-state index in [1.807, 2.05) is 0 Å². The lowest BCUT2D eigenvalue weighted by molar-refractivity contribution is -0.140. The van der Waals surface area contributed by atoms with Gasteiger partial charge in [-0.05, 0) is 12.1 Å². The molecule has 18 heavy (non-hydrogen) atoms. The minimum atomic E-state index is -0.984. The van der Waals surface area contributed by atoms with Gasteiger partial charge in [0.05, 0.1) is 13.3 Å². The van der Waals surface area contributed by atoms with Gasteiger partial charge in [-0.15, -0.1) is 0 Å². The van der Waals surface area contributed by atoms with E-state index in [0.717, 1.165) is 6.21 Å². The van der Waals surface area contributed by atoms with E-state index >= 15 is 0 Å². The second kappa shape index (κ2) is 7.05. The number of esters is 1. The van der Waals surface area contributed by atoms with Crippen LogP contribution in [-0.2, 0) is 14.4 Å². The van der Waals surface area contributed by atoms with Crippen molar-refractivity contribution >= 4 is 18.1 Å². The highest BCUT2D eigenvalue weighted by molar-refractivity contribution is 6.02. The van der Waals surface area contributed by atoms with E-state index in [0.29, 0.717) is 5.56 Å². The fraction of sp³-hybridized carbons (Fsp3) is 0.250. The molecule has 1 amide bonds. The first kappa shape index (κ1) is 13.7. The average Bonchev–Trinajstić information content (AvgIpc) is 2.43. The fourth-order valence-electron chi connectivity index (χ4n) is 1.22. The zero-order valence-corrected chi connectivity index (χ0v) is 10.1. The number of methoxy groups -OCH3 is 1. The van der Waals surface area contributed by atoms with Gasteiger partial charge in [-0.2, -0.15) is 0 Å². The number of carbonyl (C=O) groups excluding carboxylic acids is 2. The van der Waals surface area contributed by atoms with E-state index < -0.39 is 17.9 Å². The van der Waals surface area contributed by atoms with E-state index in [1.54, 1.807) is 30.3 Å². The Morgan fingerprint density at radius 1 is 1.28 bits per heavy atom. The van der Waals surface area contributed by atoms with Crippen LogP contribution in [0.25, 0.3) is 0 Å². The molecule has 96 valence electrons. The van der Waals surface area contributed by atoms with E-state index in [1.165, 1.54) is 14.2 Å². The quantitative estimate of drug-likeness (QED) is 0.471. The highest BCUT2D eigenvalue weighted by atomic mass is 16.6. The maximum atomic E-state index is 11.8. The molecule has 0 aliphatic carbocycles. The van der Waals surface area contributed by atoms with Gasteiger partial charge in [0.2, 0.25) is 0 Å². The Bertz CT molecular complexity index is 431. The van der Waals surface area contributed by atoms with E-state index in [4.69, 9.17) is 0 Å². The summed E-state index contributed by atoms with van der Waals surface area (Å²) >= 11 is 0. The minimum absolute atomic E-state index is 0.395. The van der Waals surface area contributed by atoms with Gasteiger partial charge in [-0.3, -0.25) is 4.79 Å². The van der Waals surface area contributed by atoms with Gasteiger partial charge in [-0.25, -0.2) is 4.79 Å². The van der Waals surface area contributed by atoms with Gasteiger partial charge in [0.25, 0.3) is 5.91 Å². The zero-order valence-electron chi connectivity index (χ0n) is 10.1. The van der Waals surface area contributed by atoms with Crippen LogP contribution in [0.5, 0.6) is 0 Å². The maximum absolute atomic E-state index is 11.8. The third-order valence-corrected chi connectivity index (χ3v) is 2.09. The Morgan fingerprint density at radius 2 is 1.94 bits per heavy atom. The minimum Gasteiger partial charge on any atom is -0.467 e. The smallest absolute Gasteiger partial charge is 0.334 e. The first-order chi connectivity index (χ1) is 8.69. The summed E-state index contributed by atoms with van der Waals surface area (Å²) in [5.74, 6) is -1.02. The molecule has 0 fully saturated rings. The largest absolute Gasteiger partial charge is 0.467 e. The molecule has 1 unspecified atom stereocenters. The molecule has 0 radical (unpaired) electrons. The van der Waals surface area contributed by atoms with Gasteiger partial charge in [0, 0.05) is 5.56 Å². The summed E-state index contributed by atoms with van der Waals surface area (Å²) in [6.45, 7) is 0. The molecule has 6 nitrogen and oxygen atoms in total. The molecule has 0 aliphatic heterocycles. The topological polar surface area (TPSA) is 77.0 Å². The van der Waals surface area contributed by atoms with Crippen LogP contribution in [0.1, 0.15) is 10.4 Å². The van der Waals surface area contributed by atoms with Crippen molar-refractivity contribution < 1.29 is 19.2 Å². The Kier molecular flexibility index (Phi) is 5.37. The van der Waals surface area contributed by atoms with Gasteiger partial charge in [0.1, 0.15) is 7.11 Å². The number of amides is 1. The zero-order chi connectivity index (χ0) is 13.4. The Hall–Kier alpha value is -2.37. The number of carbonyl (C=O) groups is 2. The molecule has 0 saturated heterocycles. The normalized spacial score (nSPS) is 11.9. The molecule has 1 N–H and O–H groups in total. The van der Waals surface area contributed by atoms with Crippen LogP contribution in [0, 0.1) is 0 Å². The van der Waals surface area contributed by atoms with Crippen LogP contribution in [0.15, 0.2) is 35.5 Å². The Labute approximate surface area is 105 Å². The van der Waals surface area contributed by atoms with Crippen molar-refractivity contribution in [1.29, 1.82) is 0 Å². The third-order valence-electron chi connectivity index (χ3n) is 2.09. The molecule has 6 heteroatoms. The molecule has 0 saturated carbocycles. The number of rotatable bonds is 5. The molecule has 0 bridgehead atoms. The summed E-state index contributed by atoms with van der Waals surface area (Å²) in [4.78, 5) is 27.7. The summed E-state index contributed by atoms with van der Waals surface area (Å²) < 4.78 is 4.55. The number of hydrogen-bond acceptors (Lipinski definition) is 5. The lowest BCUT2D eigenvalue weighted by Gasteiger charge is -2.11. The number of nitrogens with one attached hydrogen (secondary N) is 1. The first-order valence-corrected chi connectivity index (χ1v) is 5.19. The Morgan fingerprint density at radius 3 is 2.50 bits per heavy atom. The lowest BCUT2D eigenvalue weighted by atomic mass is 10.2. The third kappa shape index (κ3) is 3.89. The van der Waals surface area contributed by atoms with Gasteiger partial charge < -0.3 is 14.9 Å². The van der Waals surface area contributed by atoms with Crippen molar-refractivity contribution in [3.63, 3.8) is 0 Å². The van der Waals surface area contributed by atoms with Crippen LogP contribution in [0.3, 0.4) is 0 Å². The molecular formula is C12H14N2O4. The van der Waals surface area contributed by atoms with Crippen molar-refractivity contribution in [2.45, 2.75) is 6.04 Å². The predicted molar refractivity (Wildman–Crippen MR) is 65.2 cm³/mol. The molecule has 1 aromatic carbocycles. The molecule has 0 aromatic heterocycles. The standard InChI is InChI=1S/C12H14N2O4/c1-17-12(16)10(8-13-18-2)14-11(15)9-6-4-3-5-7-9/h3-8,10H,1-2H3,(H,14,15)/b13-8-. The second-order valence-corrected chi connectivity index (χ2v) is 3.28. The van der Waals surface area contributed by atoms with Gasteiger partial charge in [-0.1, -0.05) is 23.4 Å². The number of ether oxygens (including phenoxy) is 1. The molecule has 0 spiro atoms. The molecular weight excluding hydrogens is 236 g/mol. The SMILES string of the molecule is CO/N=C\C(NC(=O)c1ccccc1)C(=O)OC. The van der Waals surface area contributed by atoms with Crippen LogP contribution >= 0.6 is 0 Å². The summed E-state index contributed by atoms with van der Waals surface area (Å²) in [6.07, 6.45) is 1.16. The van der Waals surface area contributed by atoms with E-state index in [2.05, 4.69) is 20.0 Å². The number of nitrogens with zero attached hydrogens (tertiary/aromatic N) is 1.